The summed E-state index contributed by atoms with van der Waals surface area (Å²) < 4.78 is 21.9. The van der Waals surface area contributed by atoms with Gasteiger partial charge in [-0.15, -0.1) is 0 Å². The molecule has 1 aliphatic heterocycles. The number of primary amides is 1. The molecule has 0 bridgehead atoms. The second-order valence-corrected chi connectivity index (χ2v) is 9.86. The Kier molecular flexibility index (Phi) is 7.21. The van der Waals surface area contributed by atoms with Crippen molar-refractivity contribution in [2.24, 2.45) is 18.5 Å². The number of aromatic nitrogens is 5. The van der Waals surface area contributed by atoms with Crippen LogP contribution in [0.2, 0.25) is 0 Å². The molecular formula is C28H31FN8O3. The van der Waals surface area contributed by atoms with Crippen molar-refractivity contribution >= 4 is 11.7 Å². The fourth-order valence-electron chi connectivity index (χ4n) is 5.33. The molecule has 1 aliphatic rings. The Morgan fingerprint density at radius 3 is 2.60 bits per heavy atom. The molecule has 0 spiro atoms. The number of carbonyl (C=O) groups excluding carboxylic acids is 1. The maximum atomic E-state index is 14.8. The Morgan fingerprint density at radius 2 is 1.95 bits per heavy atom. The van der Waals surface area contributed by atoms with Crippen molar-refractivity contribution in [3.63, 3.8) is 0 Å². The van der Waals surface area contributed by atoms with E-state index in [0.717, 1.165) is 17.0 Å². The normalized spacial score (nSPS) is 16.9. The van der Waals surface area contributed by atoms with Gasteiger partial charge in [-0.3, -0.25) is 9.48 Å². The van der Waals surface area contributed by atoms with Gasteiger partial charge in [-0.1, -0.05) is 6.07 Å². The van der Waals surface area contributed by atoms with Crippen molar-refractivity contribution in [1.82, 2.24) is 24.7 Å². The van der Waals surface area contributed by atoms with Crippen LogP contribution in [0.3, 0.4) is 0 Å². The highest BCUT2D eigenvalue weighted by Gasteiger charge is 2.33. The second kappa shape index (κ2) is 10.6. The van der Waals surface area contributed by atoms with Crippen molar-refractivity contribution in [3.8, 4) is 39.5 Å². The summed E-state index contributed by atoms with van der Waals surface area (Å²) in [5.74, 6) is -0.756. The SMILES string of the molecule is COc1cccc(F)c1-c1ncc(-c2ccc(-c3c(C)nn(C)c3C)nc2N2C[C@@H](N)C[C@H]2CO)c(C(N)=O)n1. The van der Waals surface area contributed by atoms with Crippen LogP contribution in [-0.4, -0.2) is 68.1 Å². The van der Waals surface area contributed by atoms with Crippen molar-refractivity contribution in [3.05, 3.63) is 59.4 Å². The fourth-order valence-corrected chi connectivity index (χ4v) is 5.33. The summed E-state index contributed by atoms with van der Waals surface area (Å²) in [6, 6.07) is 7.52. The van der Waals surface area contributed by atoms with Crippen LogP contribution >= 0.6 is 0 Å². The van der Waals surface area contributed by atoms with Crippen LogP contribution in [0.15, 0.2) is 36.5 Å². The number of aliphatic hydroxyl groups is 1. The number of benzene rings is 1. The summed E-state index contributed by atoms with van der Waals surface area (Å²) in [4.78, 5) is 28.4. The summed E-state index contributed by atoms with van der Waals surface area (Å²) in [5, 5.41) is 14.7. The Labute approximate surface area is 230 Å². The number of hydrogen-bond acceptors (Lipinski definition) is 9. The predicted molar refractivity (Wildman–Crippen MR) is 148 cm³/mol. The summed E-state index contributed by atoms with van der Waals surface area (Å²) in [7, 11) is 3.27. The molecule has 1 saturated heterocycles. The molecule has 1 amide bonds. The number of ether oxygens (including phenoxy) is 1. The van der Waals surface area contributed by atoms with Crippen LogP contribution < -0.4 is 21.1 Å². The molecule has 5 rings (SSSR count). The maximum Gasteiger partial charge on any atom is 0.268 e. The zero-order valence-corrected chi connectivity index (χ0v) is 22.7. The standard InChI is InChI=1S/C28H31FN8O3/c1-14-23(15(2)36(3)35-14)21-9-8-18(28(33-21)37-12-16(30)10-17(37)13-38)19-11-32-27(34-25(19)26(31)39)24-20(29)6-5-7-22(24)40-4/h5-9,11,16-17,38H,10,12-13,30H2,1-4H3,(H2,31,39)/t16-,17-/m0/s1. The first-order chi connectivity index (χ1) is 19.1. The Bertz CT molecular complexity index is 1600. The van der Waals surface area contributed by atoms with Crippen molar-refractivity contribution in [2.45, 2.75) is 32.4 Å². The van der Waals surface area contributed by atoms with E-state index in [9.17, 15) is 14.3 Å². The number of halogens is 1. The van der Waals surface area contributed by atoms with E-state index in [1.807, 2.05) is 37.9 Å². The fraction of sp³-hybridized carbons (Fsp3) is 0.321. The minimum absolute atomic E-state index is 0.0149. The van der Waals surface area contributed by atoms with Gasteiger partial charge in [-0.2, -0.15) is 5.10 Å². The number of nitrogens with two attached hydrogens (primary N) is 2. The lowest BCUT2D eigenvalue weighted by Gasteiger charge is -2.27. The molecule has 0 aliphatic carbocycles. The van der Waals surface area contributed by atoms with E-state index in [-0.39, 0.29) is 41.5 Å². The lowest BCUT2D eigenvalue weighted by molar-refractivity contribution is 0.0996. The number of anilines is 1. The number of amides is 1. The molecular weight excluding hydrogens is 515 g/mol. The van der Waals surface area contributed by atoms with Gasteiger partial charge in [0.15, 0.2) is 5.82 Å². The third-order valence-corrected chi connectivity index (χ3v) is 7.30. The molecule has 3 aromatic heterocycles. The first-order valence-corrected chi connectivity index (χ1v) is 12.8. The zero-order valence-electron chi connectivity index (χ0n) is 22.7. The van der Waals surface area contributed by atoms with Crippen LogP contribution in [0.1, 0.15) is 28.3 Å². The second-order valence-electron chi connectivity index (χ2n) is 9.86. The lowest BCUT2D eigenvalue weighted by atomic mass is 10.0. The topological polar surface area (TPSA) is 158 Å². The zero-order chi connectivity index (χ0) is 28.7. The highest BCUT2D eigenvalue weighted by atomic mass is 19.1. The maximum absolute atomic E-state index is 14.8. The number of aryl methyl sites for hydroxylation is 2. The molecule has 1 aromatic carbocycles. The summed E-state index contributed by atoms with van der Waals surface area (Å²) in [5.41, 5.74) is 16.1. The van der Waals surface area contributed by atoms with Crippen LogP contribution in [0, 0.1) is 19.7 Å². The third kappa shape index (κ3) is 4.65. The Balaban J connectivity index is 1.73. The van der Waals surface area contributed by atoms with Gasteiger partial charge in [0.05, 0.1) is 36.7 Å². The number of carbonyl (C=O) groups is 1. The van der Waals surface area contributed by atoms with Crippen LogP contribution in [0.4, 0.5) is 10.2 Å². The summed E-state index contributed by atoms with van der Waals surface area (Å²) in [6.45, 7) is 4.18. The summed E-state index contributed by atoms with van der Waals surface area (Å²) in [6.07, 6.45) is 2.00. The van der Waals surface area contributed by atoms with Crippen molar-refractivity contribution in [1.29, 1.82) is 0 Å². The average molecular weight is 547 g/mol. The van der Waals surface area contributed by atoms with Gasteiger partial charge in [0, 0.05) is 48.2 Å². The molecule has 0 unspecified atom stereocenters. The quantitative estimate of drug-likeness (QED) is 0.316. The first kappa shape index (κ1) is 27.2. The lowest BCUT2D eigenvalue weighted by Crippen LogP contribution is -2.34. The van der Waals surface area contributed by atoms with E-state index in [2.05, 4.69) is 15.1 Å². The van der Waals surface area contributed by atoms with Gasteiger partial charge in [0.2, 0.25) is 0 Å². The summed E-state index contributed by atoms with van der Waals surface area (Å²) >= 11 is 0. The van der Waals surface area contributed by atoms with Crippen LogP contribution in [-0.2, 0) is 7.05 Å². The molecule has 2 atom stereocenters. The molecule has 0 radical (unpaired) electrons. The van der Waals surface area contributed by atoms with Crippen LogP contribution in [0.25, 0.3) is 33.8 Å². The predicted octanol–water partition coefficient (Wildman–Crippen LogP) is 2.37. The van der Waals surface area contributed by atoms with Gasteiger partial charge in [0.25, 0.3) is 5.91 Å². The van der Waals surface area contributed by atoms with E-state index in [4.69, 9.17) is 21.2 Å². The minimum Gasteiger partial charge on any atom is -0.496 e. The molecule has 12 heteroatoms. The van der Waals surface area contributed by atoms with Crippen molar-refractivity contribution < 1.29 is 19.0 Å². The van der Waals surface area contributed by atoms with Gasteiger partial charge in [0.1, 0.15) is 23.1 Å². The average Bonchev–Trinajstić information content (AvgIpc) is 3.44. The van der Waals surface area contributed by atoms with Gasteiger partial charge in [-0.25, -0.2) is 19.3 Å². The number of aliphatic hydroxyl groups excluding tert-OH is 1. The molecule has 1 fully saturated rings. The first-order valence-electron chi connectivity index (χ1n) is 12.8. The molecule has 0 saturated carbocycles. The minimum atomic E-state index is -0.820. The number of hydrogen-bond donors (Lipinski definition) is 3. The number of nitrogens with zero attached hydrogens (tertiary/aromatic N) is 6. The molecule has 5 N–H and O–H groups in total. The van der Waals surface area contributed by atoms with E-state index in [1.54, 1.807) is 10.7 Å². The van der Waals surface area contributed by atoms with E-state index in [1.165, 1.54) is 25.4 Å². The highest BCUT2D eigenvalue weighted by molar-refractivity contribution is 6.00. The van der Waals surface area contributed by atoms with E-state index in [0.29, 0.717) is 35.6 Å². The molecule has 4 aromatic rings. The molecule has 208 valence electrons. The number of pyridine rings is 1. The van der Waals surface area contributed by atoms with E-state index >= 15 is 0 Å². The molecule has 40 heavy (non-hydrogen) atoms. The molecule has 4 heterocycles. The van der Waals surface area contributed by atoms with Gasteiger partial charge >= 0.3 is 0 Å². The van der Waals surface area contributed by atoms with Crippen LogP contribution in [0.5, 0.6) is 5.75 Å². The smallest absolute Gasteiger partial charge is 0.268 e. The van der Waals surface area contributed by atoms with Gasteiger partial charge in [-0.05, 0) is 44.5 Å². The van der Waals surface area contributed by atoms with Crippen molar-refractivity contribution in [2.75, 3.05) is 25.2 Å². The molecule has 11 nitrogen and oxygen atoms in total. The number of methoxy groups -OCH3 is 1. The van der Waals surface area contributed by atoms with Gasteiger partial charge < -0.3 is 26.2 Å². The third-order valence-electron chi connectivity index (χ3n) is 7.30. The Morgan fingerprint density at radius 1 is 1.18 bits per heavy atom. The highest BCUT2D eigenvalue weighted by Crippen LogP contribution is 2.39. The van der Waals surface area contributed by atoms with E-state index < -0.39 is 11.7 Å². The Hall–Kier alpha value is -4.42. The monoisotopic (exact) mass is 546 g/mol. The number of rotatable bonds is 7. The largest absolute Gasteiger partial charge is 0.496 e.